The summed E-state index contributed by atoms with van der Waals surface area (Å²) in [5.41, 5.74) is 0. The first-order valence-electron chi connectivity index (χ1n) is 0.816. The van der Waals surface area contributed by atoms with Crippen molar-refractivity contribution in [2.75, 3.05) is 0 Å². The van der Waals surface area contributed by atoms with Gasteiger partial charge in [0.25, 0.3) is 0 Å². The van der Waals surface area contributed by atoms with Crippen molar-refractivity contribution >= 4 is 9.05 Å². The topological polar surface area (TPSA) is 92.2 Å². The van der Waals surface area contributed by atoms with Gasteiger partial charge >= 0.3 is 50.6 Å². The maximum absolute atomic E-state index is 8.58. The Balaban J connectivity index is -0.0000000267. The molecule has 0 saturated carbocycles. The summed E-state index contributed by atoms with van der Waals surface area (Å²) in [6.07, 6.45) is 0. The zero-order chi connectivity index (χ0) is 4.50. The second-order valence-corrected chi connectivity index (χ2v) is 1.50. The van der Waals surface area contributed by atoms with Crippen molar-refractivity contribution in [3.63, 3.8) is 0 Å². The molecule has 0 N–H and O–H groups in total. The number of hydrogen-bond donors (Lipinski definition) is 0. The maximum atomic E-state index is 8.58. The molecule has 51 valence electrons. The van der Waals surface area contributed by atoms with Gasteiger partial charge in [0, 0.05) is 0 Å². The van der Waals surface area contributed by atoms with E-state index in [-0.39, 0.29) is 50.6 Å². The van der Waals surface area contributed by atoms with E-state index in [1.54, 1.807) is 0 Å². The fourth-order valence-corrected chi connectivity index (χ4v) is 0. The van der Waals surface area contributed by atoms with E-state index in [0.717, 1.165) is 0 Å². The van der Waals surface area contributed by atoms with Crippen LogP contribution < -0.4 is 19.2 Å². The molecule has 8 heteroatoms. The van der Waals surface area contributed by atoms with Crippen LogP contribution in [0.25, 0.3) is 0 Å². The van der Waals surface area contributed by atoms with Crippen LogP contribution in [0.15, 0.2) is 0 Å². The first kappa shape index (κ1) is 22.6. The summed E-state index contributed by atoms with van der Waals surface area (Å²) in [5.74, 6) is 0. The van der Waals surface area contributed by atoms with E-state index in [2.05, 4.69) is 0 Å². The second-order valence-electron chi connectivity index (χ2n) is 0.500. The predicted octanol–water partition coefficient (Wildman–Crippen LogP) is -5.14. The van der Waals surface area contributed by atoms with Gasteiger partial charge in [-0.3, -0.25) is 0 Å². The van der Waals surface area contributed by atoms with Crippen molar-refractivity contribution in [2.24, 2.45) is 0 Å². The van der Waals surface area contributed by atoms with E-state index in [9.17, 15) is 0 Å². The molecule has 4 nitrogen and oxygen atoms in total. The van der Waals surface area contributed by atoms with Gasteiger partial charge in [-0.2, -0.15) is 0 Å². The van der Waals surface area contributed by atoms with Gasteiger partial charge in [-0.1, -0.05) is 0 Å². The van der Waals surface area contributed by atoms with Crippen LogP contribution >= 0.6 is 0 Å². The molecule has 0 aromatic heterocycles. The molecule has 0 atom stereocenters. The predicted molar refractivity (Wildman–Crippen MR) is 5.75 cm³/mol. The molecular formula is FeMnNiO4Si+2. The quantitative estimate of drug-likeness (QED) is 0.408. The molecule has 0 aliphatic rings. The van der Waals surface area contributed by atoms with E-state index in [1.807, 2.05) is 0 Å². The molecule has 0 spiro atoms. The van der Waals surface area contributed by atoms with Gasteiger partial charge in [-0.05, 0) is 0 Å². The van der Waals surface area contributed by atoms with Crippen LogP contribution in [0.1, 0.15) is 0 Å². The molecule has 0 unspecified atom stereocenters. The van der Waals surface area contributed by atoms with Crippen LogP contribution in [0.2, 0.25) is 0 Å². The fraction of sp³-hybridized carbons (Fsp3) is 0. The summed E-state index contributed by atoms with van der Waals surface area (Å²) >= 11 is 0. The minimum Gasteiger partial charge on any atom is -0.894 e. The SMILES string of the molecule is [Fe+2].[Mn+2].[Ni+2].[O-][Si]([O-])([O-])[O-]. The summed E-state index contributed by atoms with van der Waals surface area (Å²) in [6.45, 7) is 0. The van der Waals surface area contributed by atoms with Crippen LogP contribution in [0, 0.1) is 0 Å². The Labute approximate surface area is 78.7 Å². The molecule has 0 aliphatic heterocycles. The second kappa shape index (κ2) is 8.59. The molecule has 0 fully saturated rings. The van der Waals surface area contributed by atoms with Crippen molar-refractivity contribution in [1.82, 2.24) is 0 Å². The van der Waals surface area contributed by atoms with Crippen molar-refractivity contribution < 1.29 is 69.8 Å². The van der Waals surface area contributed by atoms with E-state index in [0.29, 0.717) is 0 Å². The van der Waals surface area contributed by atoms with Crippen molar-refractivity contribution in [3.8, 4) is 0 Å². The summed E-state index contributed by atoms with van der Waals surface area (Å²) < 4.78 is 0. The Morgan fingerprint density at radius 2 is 0.875 bits per heavy atom. The zero-order valence-corrected chi connectivity index (χ0v) is 7.45. The van der Waals surface area contributed by atoms with Crippen molar-refractivity contribution in [3.05, 3.63) is 0 Å². The summed E-state index contributed by atoms with van der Waals surface area (Å²) in [4.78, 5) is 34.3. The minimum atomic E-state index is -5.61. The molecule has 0 amide bonds. The van der Waals surface area contributed by atoms with Crippen LogP contribution in [-0.2, 0) is 50.6 Å². The van der Waals surface area contributed by atoms with Gasteiger partial charge in [-0.25, -0.2) is 0 Å². The third-order valence-electron chi connectivity index (χ3n) is 0. The van der Waals surface area contributed by atoms with E-state index in [1.165, 1.54) is 0 Å². The third kappa shape index (κ3) is 130. The number of rotatable bonds is 0. The minimum absolute atomic E-state index is 0. The molecule has 0 rings (SSSR count). The largest absolute Gasteiger partial charge is 2.00 e. The Morgan fingerprint density at radius 1 is 0.875 bits per heavy atom. The standard InChI is InChI=1S/Fe.Mn.Ni.O4Si/c;;;1-5(2,3)4/q3*+2;-4. The van der Waals surface area contributed by atoms with Crippen molar-refractivity contribution in [2.45, 2.75) is 0 Å². The summed E-state index contributed by atoms with van der Waals surface area (Å²) in [6, 6.07) is 0. The average molecular weight is 262 g/mol. The molecule has 0 bridgehead atoms. The van der Waals surface area contributed by atoms with Gasteiger partial charge in [0.05, 0.1) is 0 Å². The van der Waals surface area contributed by atoms with E-state index in [4.69, 9.17) is 19.2 Å². The first-order chi connectivity index (χ1) is 2.00. The fourth-order valence-electron chi connectivity index (χ4n) is 0. The van der Waals surface area contributed by atoms with Gasteiger partial charge in [0.2, 0.25) is 0 Å². The van der Waals surface area contributed by atoms with Crippen molar-refractivity contribution in [1.29, 1.82) is 0 Å². The smallest absolute Gasteiger partial charge is 0.894 e. The monoisotopic (exact) mass is 261 g/mol. The van der Waals surface area contributed by atoms with Gasteiger partial charge in [-0.15, -0.1) is 0 Å². The van der Waals surface area contributed by atoms with Gasteiger partial charge < -0.3 is 28.2 Å². The van der Waals surface area contributed by atoms with Gasteiger partial charge in [0.1, 0.15) is 0 Å². The molecule has 1 radical (unpaired) electrons. The van der Waals surface area contributed by atoms with Gasteiger partial charge in [0.15, 0.2) is 0 Å². The van der Waals surface area contributed by atoms with E-state index >= 15 is 0 Å². The molecule has 0 aromatic carbocycles. The first-order valence-corrected chi connectivity index (χ1v) is 2.45. The Kier molecular flexibility index (Phi) is 24.3. The number of hydrogen-bond acceptors (Lipinski definition) is 4. The molecule has 0 aliphatic carbocycles. The molecule has 0 aromatic rings. The molecule has 0 heterocycles. The molecular weight excluding hydrogens is 262 g/mol. The third-order valence-corrected chi connectivity index (χ3v) is 0. The van der Waals surface area contributed by atoms with Crippen LogP contribution in [0.5, 0.6) is 0 Å². The Morgan fingerprint density at radius 3 is 0.875 bits per heavy atom. The summed E-state index contributed by atoms with van der Waals surface area (Å²) in [5, 5.41) is 0. The maximum Gasteiger partial charge on any atom is 2.00 e. The zero-order valence-electron chi connectivity index (χ0n) is 3.18. The normalized spacial score (nSPS) is 7.50. The van der Waals surface area contributed by atoms with Crippen LogP contribution in [0.3, 0.4) is 0 Å². The average Bonchev–Trinajstić information content (AvgIpc) is 0.722. The Hall–Kier alpha value is 1.59. The van der Waals surface area contributed by atoms with E-state index < -0.39 is 9.05 Å². The molecule has 8 heavy (non-hydrogen) atoms. The summed E-state index contributed by atoms with van der Waals surface area (Å²) in [7, 11) is -5.61. The molecule has 0 saturated heterocycles. The van der Waals surface area contributed by atoms with Crippen LogP contribution in [-0.4, -0.2) is 9.05 Å². The Bertz CT molecular complexity index is 31.5. The van der Waals surface area contributed by atoms with Crippen LogP contribution in [0.4, 0.5) is 0 Å².